The molecule has 5 heteroatoms. The van der Waals surface area contributed by atoms with Crippen LogP contribution in [0.3, 0.4) is 0 Å². The van der Waals surface area contributed by atoms with Crippen molar-refractivity contribution in [2.75, 3.05) is 11.1 Å². The zero-order valence-electron chi connectivity index (χ0n) is 11.6. The van der Waals surface area contributed by atoms with Gasteiger partial charge in [-0.15, -0.1) is 0 Å². The number of aromatic nitrogens is 2. The van der Waals surface area contributed by atoms with Crippen LogP contribution < -0.4 is 11.1 Å². The van der Waals surface area contributed by atoms with Gasteiger partial charge in [0.1, 0.15) is 5.82 Å². The summed E-state index contributed by atoms with van der Waals surface area (Å²) in [7, 11) is 0. The predicted octanol–water partition coefficient (Wildman–Crippen LogP) is 2.34. The molecule has 0 aliphatic rings. The third kappa shape index (κ3) is 2.59. The van der Waals surface area contributed by atoms with Gasteiger partial charge in [-0.3, -0.25) is 4.79 Å². The lowest BCUT2D eigenvalue weighted by Gasteiger charge is -2.14. The molecule has 0 aliphatic heterocycles. The summed E-state index contributed by atoms with van der Waals surface area (Å²) in [6.07, 6.45) is 0. The second kappa shape index (κ2) is 4.76. The number of hydrogen-bond donors (Lipinski definition) is 2. The number of carbonyl (C=O) groups is 1. The monoisotopic (exact) mass is 258 g/mol. The van der Waals surface area contributed by atoms with Gasteiger partial charge in [-0.2, -0.15) is 5.10 Å². The topological polar surface area (TPSA) is 72.9 Å². The van der Waals surface area contributed by atoms with Crippen molar-refractivity contribution in [3.05, 3.63) is 35.0 Å². The zero-order valence-corrected chi connectivity index (χ0v) is 11.6. The molecule has 0 atom stereocenters. The van der Waals surface area contributed by atoms with Crippen molar-refractivity contribution in [1.82, 2.24) is 9.78 Å². The van der Waals surface area contributed by atoms with Crippen LogP contribution in [0.15, 0.2) is 18.2 Å². The fourth-order valence-electron chi connectivity index (χ4n) is 2.26. The predicted molar refractivity (Wildman–Crippen MR) is 76.5 cm³/mol. The Bertz CT molecular complexity index is 620. The lowest BCUT2D eigenvalue weighted by Crippen LogP contribution is -2.09. The van der Waals surface area contributed by atoms with Gasteiger partial charge in [0.25, 0.3) is 0 Å². The molecule has 1 aromatic heterocycles. The summed E-state index contributed by atoms with van der Waals surface area (Å²) in [4.78, 5) is 11.1. The van der Waals surface area contributed by atoms with Gasteiger partial charge in [0, 0.05) is 18.7 Å². The first kappa shape index (κ1) is 13.1. The van der Waals surface area contributed by atoms with Crippen LogP contribution in [0, 0.1) is 20.8 Å². The summed E-state index contributed by atoms with van der Waals surface area (Å²) in [5.41, 5.74) is 10.6. The minimum absolute atomic E-state index is 0.0824. The molecule has 0 unspecified atom stereocenters. The lowest BCUT2D eigenvalue weighted by molar-refractivity contribution is -0.114. The van der Waals surface area contributed by atoms with E-state index in [0.29, 0.717) is 5.82 Å². The molecule has 0 saturated carbocycles. The molecule has 0 bridgehead atoms. The first-order chi connectivity index (χ1) is 8.88. The van der Waals surface area contributed by atoms with Gasteiger partial charge in [-0.25, -0.2) is 4.68 Å². The van der Waals surface area contributed by atoms with E-state index in [9.17, 15) is 4.79 Å². The maximum absolute atomic E-state index is 11.1. The highest BCUT2D eigenvalue weighted by Crippen LogP contribution is 2.25. The number of nitrogens with two attached hydrogens (primary N) is 1. The number of nitrogens with zero attached hydrogens (tertiary/aromatic N) is 2. The fraction of sp³-hybridized carbons (Fsp3) is 0.286. The Kier molecular flexibility index (Phi) is 3.29. The Morgan fingerprint density at radius 1 is 1.21 bits per heavy atom. The van der Waals surface area contributed by atoms with Gasteiger partial charge in [0.05, 0.1) is 11.4 Å². The van der Waals surface area contributed by atoms with E-state index < -0.39 is 0 Å². The average Bonchev–Trinajstić information content (AvgIpc) is 2.55. The number of benzene rings is 1. The van der Waals surface area contributed by atoms with Crippen molar-refractivity contribution in [1.29, 1.82) is 0 Å². The third-order valence-electron chi connectivity index (χ3n) is 2.88. The SMILES string of the molecule is CC(=O)Nc1cc(C)c(-n2nc(C)cc2N)c(C)c1. The molecule has 3 N–H and O–H groups in total. The summed E-state index contributed by atoms with van der Waals surface area (Å²) in [5, 5.41) is 7.18. The first-order valence-electron chi connectivity index (χ1n) is 6.10. The van der Waals surface area contributed by atoms with E-state index in [-0.39, 0.29) is 5.91 Å². The number of carbonyl (C=O) groups excluding carboxylic acids is 1. The molecule has 2 aromatic rings. The maximum Gasteiger partial charge on any atom is 0.221 e. The van der Waals surface area contributed by atoms with Gasteiger partial charge in [-0.05, 0) is 44.0 Å². The summed E-state index contributed by atoms with van der Waals surface area (Å²) in [6, 6.07) is 5.67. The number of aryl methyl sites for hydroxylation is 3. The quantitative estimate of drug-likeness (QED) is 0.868. The van der Waals surface area contributed by atoms with E-state index in [1.54, 1.807) is 4.68 Å². The summed E-state index contributed by atoms with van der Waals surface area (Å²) in [5.74, 6) is 0.525. The molecule has 0 radical (unpaired) electrons. The van der Waals surface area contributed by atoms with Crippen LogP contribution in [-0.2, 0) is 4.79 Å². The molecule has 0 fully saturated rings. The van der Waals surface area contributed by atoms with E-state index in [1.165, 1.54) is 6.92 Å². The van der Waals surface area contributed by atoms with Crippen LogP contribution in [0.2, 0.25) is 0 Å². The van der Waals surface area contributed by atoms with Gasteiger partial charge < -0.3 is 11.1 Å². The number of nitrogens with one attached hydrogen (secondary N) is 1. The second-order valence-electron chi connectivity index (χ2n) is 4.76. The molecule has 1 amide bonds. The third-order valence-corrected chi connectivity index (χ3v) is 2.88. The van der Waals surface area contributed by atoms with Gasteiger partial charge in [0.2, 0.25) is 5.91 Å². The fourth-order valence-corrected chi connectivity index (χ4v) is 2.26. The van der Waals surface area contributed by atoms with Gasteiger partial charge >= 0.3 is 0 Å². The summed E-state index contributed by atoms with van der Waals surface area (Å²) >= 11 is 0. The standard InChI is InChI=1S/C14H18N4O/c1-8-5-12(16-11(4)19)6-9(2)14(8)18-13(15)7-10(3)17-18/h5-7H,15H2,1-4H3,(H,16,19). The van der Waals surface area contributed by atoms with E-state index >= 15 is 0 Å². The van der Waals surface area contributed by atoms with Crippen molar-refractivity contribution < 1.29 is 4.79 Å². The van der Waals surface area contributed by atoms with E-state index in [2.05, 4.69) is 10.4 Å². The van der Waals surface area contributed by atoms with Crippen LogP contribution in [0.5, 0.6) is 0 Å². The lowest BCUT2D eigenvalue weighted by atomic mass is 10.1. The Morgan fingerprint density at radius 2 is 1.79 bits per heavy atom. The molecule has 0 spiro atoms. The number of hydrogen-bond acceptors (Lipinski definition) is 3. The van der Waals surface area contributed by atoms with Crippen molar-refractivity contribution >= 4 is 17.4 Å². The smallest absolute Gasteiger partial charge is 0.221 e. The molecule has 100 valence electrons. The molecule has 2 rings (SSSR count). The number of amides is 1. The zero-order chi connectivity index (χ0) is 14.2. The van der Waals surface area contributed by atoms with Crippen LogP contribution >= 0.6 is 0 Å². The minimum Gasteiger partial charge on any atom is -0.384 e. The largest absolute Gasteiger partial charge is 0.384 e. The van der Waals surface area contributed by atoms with Crippen molar-refractivity contribution in [2.24, 2.45) is 0 Å². The van der Waals surface area contributed by atoms with Crippen LogP contribution in [-0.4, -0.2) is 15.7 Å². The Morgan fingerprint density at radius 3 is 2.21 bits per heavy atom. The first-order valence-corrected chi connectivity index (χ1v) is 6.10. The normalized spacial score (nSPS) is 10.5. The van der Waals surface area contributed by atoms with Crippen LogP contribution in [0.25, 0.3) is 5.69 Å². The maximum atomic E-state index is 11.1. The molecular weight excluding hydrogens is 240 g/mol. The molecule has 0 saturated heterocycles. The molecule has 5 nitrogen and oxygen atoms in total. The number of nitrogen functional groups attached to an aromatic ring is 1. The Labute approximate surface area is 112 Å². The second-order valence-corrected chi connectivity index (χ2v) is 4.76. The van der Waals surface area contributed by atoms with Crippen molar-refractivity contribution in [2.45, 2.75) is 27.7 Å². The molecule has 1 aromatic carbocycles. The Balaban J connectivity index is 2.53. The molecule has 19 heavy (non-hydrogen) atoms. The molecular formula is C14H18N4O. The summed E-state index contributed by atoms with van der Waals surface area (Å²) in [6.45, 7) is 7.35. The van der Waals surface area contributed by atoms with E-state index in [1.807, 2.05) is 39.0 Å². The highest BCUT2D eigenvalue weighted by atomic mass is 16.1. The average molecular weight is 258 g/mol. The van der Waals surface area contributed by atoms with Gasteiger partial charge in [-0.1, -0.05) is 0 Å². The number of rotatable bonds is 2. The Hall–Kier alpha value is -2.30. The van der Waals surface area contributed by atoms with Crippen molar-refractivity contribution in [3.63, 3.8) is 0 Å². The van der Waals surface area contributed by atoms with E-state index in [4.69, 9.17) is 5.73 Å². The molecule has 0 aliphatic carbocycles. The van der Waals surface area contributed by atoms with Gasteiger partial charge in [0.15, 0.2) is 0 Å². The minimum atomic E-state index is -0.0824. The van der Waals surface area contributed by atoms with Crippen LogP contribution in [0.1, 0.15) is 23.7 Å². The van der Waals surface area contributed by atoms with Crippen molar-refractivity contribution in [3.8, 4) is 5.69 Å². The highest BCUT2D eigenvalue weighted by Gasteiger charge is 2.11. The van der Waals surface area contributed by atoms with Crippen LogP contribution in [0.4, 0.5) is 11.5 Å². The van der Waals surface area contributed by atoms with E-state index in [0.717, 1.165) is 28.2 Å². The highest BCUT2D eigenvalue weighted by molar-refractivity contribution is 5.89. The number of anilines is 2. The summed E-state index contributed by atoms with van der Waals surface area (Å²) < 4.78 is 1.73. The molecule has 1 heterocycles.